The number of hydrogen-bond acceptors (Lipinski definition) is 3. The van der Waals surface area contributed by atoms with Gasteiger partial charge in [-0.05, 0) is 40.5 Å². The van der Waals surface area contributed by atoms with E-state index >= 15 is 0 Å². The monoisotopic (exact) mass is 323 g/mol. The van der Waals surface area contributed by atoms with Crippen LogP contribution in [0.3, 0.4) is 0 Å². The Morgan fingerprint density at radius 2 is 2.11 bits per heavy atom. The summed E-state index contributed by atoms with van der Waals surface area (Å²) in [6.07, 6.45) is 1.11. The molecule has 0 aliphatic heterocycles. The summed E-state index contributed by atoms with van der Waals surface area (Å²) in [6, 6.07) is 5.39. The summed E-state index contributed by atoms with van der Waals surface area (Å²) in [5.41, 5.74) is 6.42. The highest BCUT2D eigenvalue weighted by molar-refractivity contribution is 9.10. The fraction of sp³-hybridized carbons (Fsp3) is 0.0833. The maximum atomic E-state index is 11.4. The summed E-state index contributed by atoms with van der Waals surface area (Å²) in [5, 5.41) is 12.9. The molecule has 2 aromatic rings. The van der Waals surface area contributed by atoms with Gasteiger partial charge in [0, 0.05) is 4.47 Å². The lowest BCUT2D eigenvalue weighted by molar-refractivity contribution is 0.0692. The van der Waals surface area contributed by atoms with E-state index in [0.29, 0.717) is 10.2 Å². The van der Waals surface area contributed by atoms with Gasteiger partial charge in [-0.2, -0.15) is 5.10 Å². The van der Waals surface area contributed by atoms with E-state index in [-0.39, 0.29) is 11.3 Å². The first-order valence-corrected chi connectivity index (χ1v) is 6.08. The zero-order valence-electron chi connectivity index (χ0n) is 9.92. The predicted octanol–water partition coefficient (Wildman–Crippen LogP) is 1.74. The molecule has 1 heterocycles. The van der Waals surface area contributed by atoms with E-state index in [2.05, 4.69) is 21.0 Å². The lowest BCUT2D eigenvalue weighted by Crippen LogP contribution is -2.20. The van der Waals surface area contributed by atoms with Gasteiger partial charge in [0.05, 0.1) is 11.9 Å². The summed E-state index contributed by atoms with van der Waals surface area (Å²) in [7, 11) is 0. The van der Waals surface area contributed by atoms with Crippen LogP contribution in [0.5, 0.6) is 0 Å². The second-order valence-electron chi connectivity index (χ2n) is 3.94. The topological polar surface area (TPSA) is 98.2 Å². The van der Waals surface area contributed by atoms with Crippen molar-refractivity contribution in [3.63, 3.8) is 0 Å². The molecule has 0 aliphatic rings. The minimum Gasteiger partial charge on any atom is -0.478 e. The van der Waals surface area contributed by atoms with Crippen LogP contribution >= 0.6 is 15.9 Å². The van der Waals surface area contributed by atoms with Crippen molar-refractivity contribution in [1.29, 1.82) is 0 Å². The maximum Gasteiger partial charge on any atom is 0.339 e. The van der Waals surface area contributed by atoms with Crippen LogP contribution in [-0.2, 0) is 0 Å². The SMILES string of the molecule is Cc1ccc(-n2ncc(C(=O)O)c2C(N)=O)c(Br)c1. The van der Waals surface area contributed by atoms with Crippen LogP contribution < -0.4 is 5.73 Å². The zero-order valence-corrected chi connectivity index (χ0v) is 11.5. The van der Waals surface area contributed by atoms with Crippen molar-refractivity contribution >= 4 is 27.8 Å². The number of halogens is 1. The summed E-state index contributed by atoms with van der Waals surface area (Å²) >= 11 is 3.35. The average Bonchev–Trinajstić information content (AvgIpc) is 2.73. The quantitative estimate of drug-likeness (QED) is 0.898. The first-order valence-electron chi connectivity index (χ1n) is 5.29. The summed E-state index contributed by atoms with van der Waals surface area (Å²) < 4.78 is 1.91. The van der Waals surface area contributed by atoms with Crippen LogP contribution in [0.4, 0.5) is 0 Å². The minimum absolute atomic E-state index is 0.156. The van der Waals surface area contributed by atoms with E-state index in [1.165, 1.54) is 4.68 Å². The number of benzene rings is 1. The number of aromatic carboxylic acids is 1. The fourth-order valence-corrected chi connectivity index (χ4v) is 2.37. The first kappa shape index (κ1) is 13.3. The van der Waals surface area contributed by atoms with Gasteiger partial charge in [0.1, 0.15) is 11.3 Å². The second-order valence-corrected chi connectivity index (χ2v) is 4.80. The van der Waals surface area contributed by atoms with E-state index in [1.807, 2.05) is 19.1 Å². The van der Waals surface area contributed by atoms with Crippen molar-refractivity contribution in [2.75, 3.05) is 0 Å². The van der Waals surface area contributed by atoms with Crippen molar-refractivity contribution < 1.29 is 14.7 Å². The largest absolute Gasteiger partial charge is 0.478 e. The number of carboxylic acids is 1. The fourth-order valence-electron chi connectivity index (χ4n) is 1.71. The molecular formula is C12H10BrN3O3. The molecule has 1 aromatic heterocycles. The van der Waals surface area contributed by atoms with Crippen LogP contribution in [0.1, 0.15) is 26.4 Å². The van der Waals surface area contributed by atoms with Gasteiger partial charge in [-0.25, -0.2) is 9.48 Å². The Morgan fingerprint density at radius 1 is 1.42 bits per heavy atom. The van der Waals surface area contributed by atoms with Crippen LogP contribution in [0.25, 0.3) is 5.69 Å². The van der Waals surface area contributed by atoms with E-state index in [4.69, 9.17) is 10.8 Å². The molecule has 0 bridgehead atoms. The summed E-state index contributed by atoms with van der Waals surface area (Å²) in [5.74, 6) is -2.09. The molecule has 19 heavy (non-hydrogen) atoms. The number of nitrogens with two attached hydrogens (primary N) is 1. The van der Waals surface area contributed by atoms with Crippen molar-refractivity contribution in [3.8, 4) is 5.69 Å². The number of carbonyl (C=O) groups is 2. The molecule has 0 atom stereocenters. The smallest absolute Gasteiger partial charge is 0.339 e. The standard InChI is InChI=1S/C12H10BrN3O3/c1-6-2-3-9(8(13)4-6)16-10(11(14)17)7(5-15-16)12(18)19/h2-5H,1H3,(H2,14,17)(H,18,19). The number of carbonyl (C=O) groups excluding carboxylic acids is 1. The highest BCUT2D eigenvalue weighted by Crippen LogP contribution is 2.24. The van der Waals surface area contributed by atoms with Gasteiger partial charge in [-0.15, -0.1) is 0 Å². The van der Waals surface area contributed by atoms with Gasteiger partial charge < -0.3 is 10.8 Å². The molecule has 0 radical (unpaired) electrons. The summed E-state index contributed by atoms with van der Waals surface area (Å²) in [6.45, 7) is 1.91. The molecule has 0 fully saturated rings. The third-order valence-electron chi connectivity index (χ3n) is 2.56. The number of aromatic nitrogens is 2. The Labute approximate surface area is 117 Å². The third kappa shape index (κ3) is 2.37. The second kappa shape index (κ2) is 4.85. The number of amides is 1. The van der Waals surface area contributed by atoms with Crippen molar-refractivity contribution in [3.05, 3.63) is 45.7 Å². The van der Waals surface area contributed by atoms with Gasteiger partial charge in [0.15, 0.2) is 0 Å². The lowest BCUT2D eigenvalue weighted by atomic mass is 10.2. The van der Waals surface area contributed by atoms with Gasteiger partial charge in [-0.1, -0.05) is 6.07 Å². The molecule has 0 saturated heterocycles. The molecule has 7 heteroatoms. The number of primary amides is 1. The molecule has 0 unspecified atom stereocenters. The Hall–Kier alpha value is -2.15. The summed E-state index contributed by atoms with van der Waals surface area (Å²) in [4.78, 5) is 22.5. The minimum atomic E-state index is -1.25. The van der Waals surface area contributed by atoms with E-state index in [0.717, 1.165) is 11.8 Å². The van der Waals surface area contributed by atoms with Crippen molar-refractivity contribution in [2.24, 2.45) is 5.73 Å². The lowest BCUT2D eigenvalue weighted by Gasteiger charge is -2.08. The highest BCUT2D eigenvalue weighted by atomic mass is 79.9. The Bertz CT molecular complexity index is 679. The number of nitrogens with zero attached hydrogens (tertiary/aromatic N) is 2. The Kier molecular flexibility index (Phi) is 3.39. The van der Waals surface area contributed by atoms with Gasteiger partial charge in [-0.3, -0.25) is 4.79 Å². The van der Waals surface area contributed by atoms with E-state index in [9.17, 15) is 9.59 Å². The van der Waals surface area contributed by atoms with Gasteiger partial charge >= 0.3 is 5.97 Å². The zero-order chi connectivity index (χ0) is 14.2. The van der Waals surface area contributed by atoms with Gasteiger partial charge in [0.2, 0.25) is 0 Å². The molecule has 0 spiro atoms. The first-order chi connectivity index (χ1) is 8.91. The van der Waals surface area contributed by atoms with E-state index < -0.39 is 11.9 Å². The Morgan fingerprint density at radius 3 is 2.63 bits per heavy atom. The molecule has 1 aromatic carbocycles. The predicted molar refractivity (Wildman–Crippen MR) is 71.5 cm³/mol. The Balaban J connectivity index is 2.69. The molecule has 0 saturated carbocycles. The van der Waals surface area contributed by atoms with Crippen molar-refractivity contribution in [1.82, 2.24) is 9.78 Å². The van der Waals surface area contributed by atoms with Crippen LogP contribution in [-0.4, -0.2) is 26.8 Å². The number of hydrogen-bond donors (Lipinski definition) is 2. The third-order valence-corrected chi connectivity index (χ3v) is 3.20. The molecule has 98 valence electrons. The van der Waals surface area contributed by atoms with Gasteiger partial charge in [0.25, 0.3) is 5.91 Å². The maximum absolute atomic E-state index is 11.4. The molecule has 2 rings (SSSR count). The molecular weight excluding hydrogens is 314 g/mol. The molecule has 1 amide bonds. The van der Waals surface area contributed by atoms with Crippen LogP contribution in [0, 0.1) is 6.92 Å². The van der Waals surface area contributed by atoms with Crippen LogP contribution in [0.15, 0.2) is 28.9 Å². The molecule has 6 nitrogen and oxygen atoms in total. The number of aryl methyl sites for hydroxylation is 1. The highest BCUT2D eigenvalue weighted by Gasteiger charge is 2.22. The average molecular weight is 324 g/mol. The molecule has 0 aliphatic carbocycles. The molecule has 3 N–H and O–H groups in total. The van der Waals surface area contributed by atoms with Crippen LogP contribution in [0.2, 0.25) is 0 Å². The van der Waals surface area contributed by atoms with E-state index in [1.54, 1.807) is 6.07 Å². The normalized spacial score (nSPS) is 10.4. The number of carboxylic acid groups (broad SMARTS) is 1. The van der Waals surface area contributed by atoms with Crippen molar-refractivity contribution in [2.45, 2.75) is 6.92 Å². The number of rotatable bonds is 3.